The van der Waals surface area contributed by atoms with E-state index < -0.39 is 12.4 Å². The predicted molar refractivity (Wildman–Crippen MR) is 72.7 cm³/mol. The maximum Gasteiger partial charge on any atom is 0.387 e. The molecule has 0 saturated carbocycles. The van der Waals surface area contributed by atoms with Gasteiger partial charge in [-0.15, -0.1) is 0 Å². The molecule has 2 aliphatic heterocycles. The minimum atomic E-state index is -2.88. The highest BCUT2D eigenvalue weighted by molar-refractivity contribution is 7.99. The molecule has 0 N–H and O–H groups in total. The van der Waals surface area contributed by atoms with Crippen LogP contribution in [0.15, 0.2) is 12.1 Å². The van der Waals surface area contributed by atoms with Crippen molar-refractivity contribution in [2.75, 3.05) is 11.5 Å². The number of rotatable bonds is 3. The molecule has 1 spiro atoms. The van der Waals surface area contributed by atoms with Crippen molar-refractivity contribution >= 4 is 11.8 Å². The fourth-order valence-electron chi connectivity index (χ4n) is 2.46. The number of fused-ring (bicyclic) bond motifs is 1. The molecule has 1 fully saturated rings. The minimum absolute atomic E-state index is 0.0377. The monoisotopic (exact) mass is 301 g/mol. The standard InChI is InChI=1S/C14H15F2O3S/c1-2-9-3-4-10(17-13(15)16)12-11(9)18-14(19-12)5-7-20-8-6-14/h2-4,13H,5-8H2,1H3. The zero-order valence-electron chi connectivity index (χ0n) is 11.0. The zero-order valence-corrected chi connectivity index (χ0v) is 11.8. The van der Waals surface area contributed by atoms with Gasteiger partial charge in [-0.05, 0) is 12.5 Å². The molecule has 3 nitrogen and oxygen atoms in total. The third kappa shape index (κ3) is 2.41. The summed E-state index contributed by atoms with van der Waals surface area (Å²) >= 11 is 1.84. The molecule has 0 aliphatic carbocycles. The highest BCUT2D eigenvalue weighted by Crippen LogP contribution is 2.52. The van der Waals surface area contributed by atoms with Crippen LogP contribution in [-0.2, 0) is 0 Å². The average Bonchev–Trinajstić information content (AvgIpc) is 2.78. The van der Waals surface area contributed by atoms with E-state index in [1.54, 1.807) is 6.07 Å². The summed E-state index contributed by atoms with van der Waals surface area (Å²) in [5.41, 5.74) is 0.830. The van der Waals surface area contributed by atoms with Gasteiger partial charge < -0.3 is 14.2 Å². The Hall–Kier alpha value is -1.17. The van der Waals surface area contributed by atoms with Crippen LogP contribution in [0.5, 0.6) is 17.2 Å². The first-order chi connectivity index (χ1) is 9.63. The molecular formula is C14H15F2O3S. The molecule has 109 valence electrons. The van der Waals surface area contributed by atoms with Crippen molar-refractivity contribution < 1.29 is 23.0 Å². The van der Waals surface area contributed by atoms with Crippen LogP contribution in [0.4, 0.5) is 8.78 Å². The average molecular weight is 301 g/mol. The first-order valence-electron chi connectivity index (χ1n) is 6.50. The topological polar surface area (TPSA) is 27.7 Å². The number of halogens is 2. The molecule has 1 aromatic carbocycles. The number of hydrogen-bond donors (Lipinski definition) is 0. The van der Waals surface area contributed by atoms with Gasteiger partial charge in [0.2, 0.25) is 5.75 Å². The predicted octanol–water partition coefficient (Wildman–Crippen LogP) is 3.85. The summed E-state index contributed by atoms with van der Waals surface area (Å²) in [7, 11) is 0. The minimum Gasteiger partial charge on any atom is -0.448 e. The quantitative estimate of drug-likeness (QED) is 0.847. The van der Waals surface area contributed by atoms with E-state index >= 15 is 0 Å². The fraction of sp³-hybridized carbons (Fsp3) is 0.500. The van der Waals surface area contributed by atoms with E-state index in [1.807, 2.05) is 25.1 Å². The van der Waals surface area contributed by atoms with E-state index in [1.165, 1.54) is 6.07 Å². The van der Waals surface area contributed by atoms with E-state index in [2.05, 4.69) is 4.74 Å². The lowest BCUT2D eigenvalue weighted by Crippen LogP contribution is -2.42. The summed E-state index contributed by atoms with van der Waals surface area (Å²) in [6, 6.07) is 3.21. The number of hydrogen-bond acceptors (Lipinski definition) is 4. The summed E-state index contributed by atoms with van der Waals surface area (Å²) in [6.45, 7) is -1.01. The number of benzene rings is 1. The number of thioether (sulfide) groups is 1. The Bertz CT molecular complexity index is 501. The Kier molecular flexibility index (Phi) is 3.67. The van der Waals surface area contributed by atoms with Crippen molar-refractivity contribution in [3.63, 3.8) is 0 Å². The van der Waals surface area contributed by atoms with Gasteiger partial charge in [-0.2, -0.15) is 20.5 Å². The number of alkyl halides is 2. The first-order valence-corrected chi connectivity index (χ1v) is 7.66. The SMILES string of the molecule is C[CH]c1ccc(OC(F)F)c2c1OC1(CCSCC1)O2. The molecule has 1 radical (unpaired) electrons. The largest absolute Gasteiger partial charge is 0.448 e. The lowest BCUT2D eigenvalue weighted by atomic mass is 10.1. The van der Waals surface area contributed by atoms with Gasteiger partial charge >= 0.3 is 6.61 Å². The Morgan fingerprint density at radius 2 is 1.95 bits per heavy atom. The molecular weight excluding hydrogens is 286 g/mol. The van der Waals surface area contributed by atoms with Crippen LogP contribution < -0.4 is 14.2 Å². The molecule has 6 heteroatoms. The second kappa shape index (κ2) is 5.31. The van der Waals surface area contributed by atoms with Crippen molar-refractivity contribution in [2.45, 2.75) is 32.2 Å². The van der Waals surface area contributed by atoms with Crippen LogP contribution in [0.3, 0.4) is 0 Å². The first kappa shape index (κ1) is 13.8. The molecule has 1 aromatic rings. The van der Waals surface area contributed by atoms with Gasteiger partial charge in [0.25, 0.3) is 5.79 Å². The molecule has 0 amide bonds. The van der Waals surface area contributed by atoms with Gasteiger partial charge in [-0.1, -0.05) is 13.0 Å². The third-order valence-corrected chi connectivity index (χ3v) is 4.45. The van der Waals surface area contributed by atoms with E-state index in [4.69, 9.17) is 9.47 Å². The maximum absolute atomic E-state index is 12.5. The van der Waals surface area contributed by atoms with Crippen LogP contribution in [0.1, 0.15) is 25.3 Å². The molecule has 20 heavy (non-hydrogen) atoms. The summed E-state index contributed by atoms with van der Waals surface area (Å²) in [6.07, 6.45) is 3.35. The Balaban J connectivity index is 1.96. The van der Waals surface area contributed by atoms with Gasteiger partial charge in [-0.3, -0.25) is 0 Å². The molecule has 0 bridgehead atoms. The normalized spacial score (nSPS) is 19.6. The van der Waals surface area contributed by atoms with Gasteiger partial charge in [0.05, 0.1) is 0 Å². The molecule has 0 unspecified atom stereocenters. The summed E-state index contributed by atoms with van der Waals surface area (Å²) in [5.74, 6) is 2.00. The van der Waals surface area contributed by atoms with Crippen molar-refractivity contribution in [1.82, 2.24) is 0 Å². The summed E-state index contributed by atoms with van der Waals surface area (Å²) in [5, 5.41) is 0. The second-order valence-electron chi connectivity index (χ2n) is 4.71. The van der Waals surface area contributed by atoms with Crippen molar-refractivity contribution in [3.05, 3.63) is 24.1 Å². The molecule has 2 aliphatic rings. The van der Waals surface area contributed by atoms with E-state index in [0.29, 0.717) is 11.5 Å². The Morgan fingerprint density at radius 3 is 2.60 bits per heavy atom. The van der Waals surface area contributed by atoms with Crippen molar-refractivity contribution in [3.8, 4) is 17.2 Å². The summed E-state index contributed by atoms with van der Waals surface area (Å²) < 4.78 is 41.4. The third-order valence-electron chi connectivity index (χ3n) is 3.46. The van der Waals surface area contributed by atoms with Crippen molar-refractivity contribution in [2.24, 2.45) is 0 Å². The van der Waals surface area contributed by atoms with Crippen molar-refractivity contribution in [1.29, 1.82) is 0 Å². The maximum atomic E-state index is 12.5. The van der Waals surface area contributed by atoms with Crippen LogP contribution in [-0.4, -0.2) is 23.9 Å². The van der Waals surface area contributed by atoms with E-state index in [9.17, 15) is 8.78 Å². The van der Waals surface area contributed by atoms with E-state index in [0.717, 1.165) is 29.9 Å². The van der Waals surface area contributed by atoms with Crippen LogP contribution in [0, 0.1) is 6.42 Å². The smallest absolute Gasteiger partial charge is 0.387 e. The molecule has 3 rings (SSSR count). The van der Waals surface area contributed by atoms with Crippen LogP contribution in [0.2, 0.25) is 0 Å². The zero-order chi connectivity index (χ0) is 14.2. The lowest BCUT2D eigenvalue weighted by molar-refractivity contribution is -0.0894. The molecule has 1 saturated heterocycles. The number of ether oxygens (including phenoxy) is 3. The highest BCUT2D eigenvalue weighted by atomic mass is 32.2. The summed E-state index contributed by atoms with van der Waals surface area (Å²) in [4.78, 5) is 0. The second-order valence-corrected chi connectivity index (χ2v) is 5.93. The lowest BCUT2D eigenvalue weighted by Gasteiger charge is -2.31. The Labute approximate surface area is 120 Å². The molecule has 0 aromatic heterocycles. The van der Waals surface area contributed by atoms with Gasteiger partial charge in [0.15, 0.2) is 11.5 Å². The van der Waals surface area contributed by atoms with Gasteiger partial charge in [-0.25, -0.2) is 0 Å². The molecule has 0 atom stereocenters. The fourth-order valence-corrected chi connectivity index (χ4v) is 3.57. The molecule has 2 heterocycles. The highest BCUT2D eigenvalue weighted by Gasteiger charge is 2.45. The van der Waals surface area contributed by atoms with Gasteiger partial charge in [0, 0.05) is 29.9 Å². The Morgan fingerprint density at radius 1 is 1.25 bits per heavy atom. The van der Waals surface area contributed by atoms with Gasteiger partial charge in [0.1, 0.15) is 0 Å². The van der Waals surface area contributed by atoms with Crippen LogP contribution in [0.25, 0.3) is 0 Å². The van der Waals surface area contributed by atoms with E-state index in [-0.39, 0.29) is 5.75 Å². The van der Waals surface area contributed by atoms with Crippen LogP contribution >= 0.6 is 11.8 Å².